The number of hydrogen-bond donors (Lipinski definition) is 2. The van der Waals surface area contributed by atoms with Gasteiger partial charge in [-0.25, -0.2) is 4.79 Å². The van der Waals surface area contributed by atoms with E-state index in [1.807, 2.05) is 55.5 Å². The Balaban J connectivity index is 1.62. The fraction of sp³-hybridized carbons (Fsp3) is 0.263. The molecule has 2 N–H and O–H groups in total. The second-order valence-corrected chi connectivity index (χ2v) is 6.02. The van der Waals surface area contributed by atoms with Crippen LogP contribution in [-0.2, 0) is 4.79 Å². The van der Waals surface area contributed by atoms with Gasteiger partial charge in [-0.05, 0) is 30.7 Å². The maximum atomic E-state index is 12.3. The van der Waals surface area contributed by atoms with E-state index in [9.17, 15) is 9.59 Å². The molecule has 1 aliphatic rings. The minimum atomic E-state index is -0.306. The van der Waals surface area contributed by atoms with E-state index in [1.165, 1.54) is 0 Å². The third kappa shape index (κ3) is 3.91. The molecule has 0 aromatic heterocycles. The zero-order valence-corrected chi connectivity index (χ0v) is 14.3. The van der Waals surface area contributed by atoms with Crippen molar-refractivity contribution in [1.82, 2.24) is 5.32 Å². The van der Waals surface area contributed by atoms with Crippen LogP contribution in [0.25, 0.3) is 0 Å². The third-order valence-electron chi connectivity index (χ3n) is 4.22. The third-order valence-corrected chi connectivity index (χ3v) is 4.22. The molecule has 3 rings (SSSR count). The van der Waals surface area contributed by atoms with Crippen LogP contribution in [0.3, 0.4) is 0 Å². The van der Waals surface area contributed by atoms with Gasteiger partial charge in [-0.3, -0.25) is 4.79 Å². The van der Waals surface area contributed by atoms with Crippen molar-refractivity contribution in [2.45, 2.75) is 19.4 Å². The summed E-state index contributed by atoms with van der Waals surface area (Å²) in [6, 6.07) is 14.4. The van der Waals surface area contributed by atoms with E-state index in [1.54, 1.807) is 12.0 Å². The van der Waals surface area contributed by atoms with Crippen LogP contribution in [0.1, 0.15) is 12.0 Å². The van der Waals surface area contributed by atoms with Crippen LogP contribution in [0.15, 0.2) is 48.5 Å². The van der Waals surface area contributed by atoms with Gasteiger partial charge in [0.05, 0.1) is 13.2 Å². The highest BCUT2D eigenvalue weighted by Crippen LogP contribution is 2.25. The van der Waals surface area contributed by atoms with Crippen molar-refractivity contribution >= 4 is 23.3 Å². The summed E-state index contributed by atoms with van der Waals surface area (Å²) in [7, 11) is 1.59. The van der Waals surface area contributed by atoms with Crippen molar-refractivity contribution in [3.8, 4) is 5.75 Å². The maximum Gasteiger partial charge on any atom is 0.319 e. The van der Waals surface area contributed by atoms with Crippen molar-refractivity contribution in [3.05, 3.63) is 54.1 Å². The van der Waals surface area contributed by atoms with E-state index in [0.717, 1.165) is 16.9 Å². The molecule has 0 radical (unpaired) electrons. The molecule has 0 spiro atoms. The molecule has 1 fully saturated rings. The Hall–Kier alpha value is -3.02. The number of nitrogens with zero attached hydrogens (tertiary/aromatic N) is 1. The second-order valence-electron chi connectivity index (χ2n) is 6.02. The topological polar surface area (TPSA) is 70.7 Å². The summed E-state index contributed by atoms with van der Waals surface area (Å²) in [5, 5.41) is 5.69. The number of benzene rings is 2. The number of amides is 3. The van der Waals surface area contributed by atoms with Crippen LogP contribution in [-0.4, -0.2) is 31.6 Å². The largest absolute Gasteiger partial charge is 0.497 e. The number of aryl methyl sites for hydroxylation is 1. The number of anilines is 2. The predicted molar refractivity (Wildman–Crippen MR) is 97.1 cm³/mol. The summed E-state index contributed by atoms with van der Waals surface area (Å²) in [4.78, 5) is 26.2. The normalized spacial score (nSPS) is 16.6. The van der Waals surface area contributed by atoms with E-state index in [2.05, 4.69) is 10.6 Å². The van der Waals surface area contributed by atoms with Gasteiger partial charge >= 0.3 is 6.03 Å². The Morgan fingerprint density at radius 3 is 2.76 bits per heavy atom. The highest BCUT2D eigenvalue weighted by Gasteiger charge is 2.31. The van der Waals surface area contributed by atoms with Gasteiger partial charge in [0.15, 0.2) is 0 Å². The molecule has 6 heteroatoms. The van der Waals surface area contributed by atoms with E-state index in [4.69, 9.17) is 4.74 Å². The van der Waals surface area contributed by atoms with Gasteiger partial charge in [0.1, 0.15) is 5.75 Å². The molecule has 1 atom stereocenters. The first-order valence-electron chi connectivity index (χ1n) is 8.14. The zero-order chi connectivity index (χ0) is 17.8. The molecule has 25 heavy (non-hydrogen) atoms. The molecule has 2 aromatic rings. The first-order valence-corrected chi connectivity index (χ1v) is 8.14. The molecule has 3 amide bonds. The van der Waals surface area contributed by atoms with E-state index in [0.29, 0.717) is 12.3 Å². The zero-order valence-electron chi connectivity index (χ0n) is 14.3. The smallest absolute Gasteiger partial charge is 0.319 e. The minimum absolute atomic E-state index is 0.0190. The molecule has 1 saturated heterocycles. The van der Waals surface area contributed by atoms with Crippen LogP contribution < -0.4 is 20.3 Å². The average Bonchev–Trinajstić information content (AvgIpc) is 2.97. The first kappa shape index (κ1) is 16.8. The standard InChI is InChI=1S/C19H21N3O3/c1-13-6-3-4-9-17(13)21-19(24)20-14-10-18(23)22(12-14)15-7-5-8-16(11-15)25-2/h3-9,11,14H,10,12H2,1-2H3,(H2,20,21,24). The van der Waals surface area contributed by atoms with Gasteiger partial charge in [0.25, 0.3) is 0 Å². The molecule has 6 nitrogen and oxygen atoms in total. The fourth-order valence-corrected chi connectivity index (χ4v) is 2.89. The number of ether oxygens (including phenoxy) is 1. The molecular formula is C19H21N3O3. The molecule has 130 valence electrons. The van der Waals surface area contributed by atoms with Crippen molar-refractivity contribution in [1.29, 1.82) is 0 Å². The Morgan fingerprint density at radius 2 is 2.00 bits per heavy atom. The number of nitrogens with one attached hydrogen (secondary N) is 2. The van der Waals surface area contributed by atoms with Crippen LogP contribution in [0.2, 0.25) is 0 Å². The SMILES string of the molecule is COc1cccc(N2CC(NC(=O)Nc3ccccc3C)CC2=O)c1. The van der Waals surface area contributed by atoms with Gasteiger partial charge in [-0.2, -0.15) is 0 Å². The lowest BCUT2D eigenvalue weighted by Gasteiger charge is -2.18. The lowest BCUT2D eigenvalue weighted by molar-refractivity contribution is -0.117. The summed E-state index contributed by atoms with van der Waals surface area (Å²) in [5.41, 5.74) is 2.51. The second kappa shape index (κ2) is 7.25. The number of para-hydroxylation sites is 1. The molecule has 0 aliphatic carbocycles. The van der Waals surface area contributed by atoms with Crippen molar-refractivity contribution < 1.29 is 14.3 Å². The van der Waals surface area contributed by atoms with Crippen LogP contribution in [0, 0.1) is 6.92 Å². The Morgan fingerprint density at radius 1 is 1.20 bits per heavy atom. The quantitative estimate of drug-likeness (QED) is 0.900. The van der Waals surface area contributed by atoms with Crippen LogP contribution in [0.5, 0.6) is 5.75 Å². The van der Waals surface area contributed by atoms with Gasteiger partial charge < -0.3 is 20.3 Å². The first-order chi connectivity index (χ1) is 12.1. The molecule has 1 heterocycles. The van der Waals surface area contributed by atoms with Crippen LogP contribution >= 0.6 is 0 Å². The van der Waals surface area contributed by atoms with Crippen molar-refractivity contribution in [3.63, 3.8) is 0 Å². The Kier molecular flexibility index (Phi) is 4.88. The number of rotatable bonds is 4. The number of methoxy groups -OCH3 is 1. The average molecular weight is 339 g/mol. The van der Waals surface area contributed by atoms with Crippen molar-refractivity contribution in [2.75, 3.05) is 23.9 Å². The summed E-state index contributed by atoms with van der Waals surface area (Å²) < 4.78 is 5.20. The summed E-state index contributed by atoms with van der Waals surface area (Å²) >= 11 is 0. The number of hydrogen-bond acceptors (Lipinski definition) is 3. The van der Waals surface area contributed by atoms with E-state index < -0.39 is 0 Å². The fourth-order valence-electron chi connectivity index (χ4n) is 2.89. The molecule has 0 saturated carbocycles. The van der Waals surface area contributed by atoms with Gasteiger partial charge in [-0.1, -0.05) is 24.3 Å². The van der Waals surface area contributed by atoms with Gasteiger partial charge in [0, 0.05) is 30.4 Å². The highest BCUT2D eigenvalue weighted by molar-refractivity contribution is 5.98. The minimum Gasteiger partial charge on any atom is -0.497 e. The lowest BCUT2D eigenvalue weighted by Crippen LogP contribution is -2.39. The predicted octanol–water partition coefficient (Wildman–Crippen LogP) is 2.93. The van der Waals surface area contributed by atoms with Gasteiger partial charge in [0.2, 0.25) is 5.91 Å². The monoisotopic (exact) mass is 339 g/mol. The van der Waals surface area contributed by atoms with E-state index >= 15 is 0 Å². The number of carbonyl (C=O) groups excluding carboxylic acids is 2. The number of urea groups is 1. The summed E-state index contributed by atoms with van der Waals surface area (Å²) in [6.45, 7) is 2.37. The molecular weight excluding hydrogens is 318 g/mol. The Bertz CT molecular complexity index is 791. The molecule has 2 aromatic carbocycles. The van der Waals surface area contributed by atoms with Crippen LogP contribution in [0.4, 0.5) is 16.2 Å². The number of carbonyl (C=O) groups is 2. The summed E-state index contributed by atoms with van der Waals surface area (Å²) in [5.74, 6) is 0.674. The van der Waals surface area contributed by atoms with E-state index in [-0.39, 0.29) is 24.4 Å². The molecule has 0 bridgehead atoms. The molecule has 1 unspecified atom stereocenters. The Labute approximate surface area is 146 Å². The lowest BCUT2D eigenvalue weighted by atomic mass is 10.2. The summed E-state index contributed by atoms with van der Waals surface area (Å²) in [6.07, 6.45) is 0.276. The van der Waals surface area contributed by atoms with Gasteiger partial charge in [-0.15, -0.1) is 0 Å². The maximum absolute atomic E-state index is 12.3. The molecule has 1 aliphatic heterocycles. The van der Waals surface area contributed by atoms with Crippen molar-refractivity contribution in [2.24, 2.45) is 0 Å². The highest BCUT2D eigenvalue weighted by atomic mass is 16.5.